The van der Waals surface area contributed by atoms with Crippen molar-refractivity contribution in [2.45, 2.75) is 0 Å². The van der Waals surface area contributed by atoms with Crippen LogP contribution in [0.25, 0.3) is 0 Å². The molecular formula is C8H7N3O3S. The summed E-state index contributed by atoms with van der Waals surface area (Å²) < 4.78 is 24.8. The van der Waals surface area contributed by atoms with E-state index in [2.05, 4.69) is 9.88 Å². The molecule has 0 aromatic heterocycles. The monoisotopic (exact) mass is 225 g/mol. The van der Waals surface area contributed by atoms with Crippen molar-refractivity contribution in [2.75, 3.05) is 4.72 Å². The summed E-state index contributed by atoms with van der Waals surface area (Å²) in [7, 11) is -4.09. The average molecular weight is 225 g/mol. The molecule has 0 aliphatic heterocycles. The van der Waals surface area contributed by atoms with Gasteiger partial charge in [-0.15, -0.1) is 0 Å². The Hall–Kier alpha value is -2.07. The molecule has 1 rings (SSSR count). The first kappa shape index (κ1) is 11.0. The summed E-state index contributed by atoms with van der Waals surface area (Å²) >= 11 is 0. The lowest BCUT2D eigenvalue weighted by Crippen LogP contribution is -2.21. The summed E-state index contributed by atoms with van der Waals surface area (Å²) in [5.41, 5.74) is 0.286. The number of benzene rings is 1. The van der Waals surface area contributed by atoms with E-state index in [1.807, 2.05) is 0 Å². The molecule has 0 bridgehead atoms. The van der Waals surface area contributed by atoms with Crippen LogP contribution in [-0.2, 0) is 10.0 Å². The van der Waals surface area contributed by atoms with E-state index in [1.165, 1.54) is 18.2 Å². The maximum absolute atomic E-state index is 11.3. The van der Waals surface area contributed by atoms with Gasteiger partial charge in [-0.25, -0.2) is 0 Å². The molecule has 0 fully saturated rings. The fourth-order valence-electron chi connectivity index (χ4n) is 0.846. The number of para-hydroxylation sites is 1. The standard InChI is InChI=1S/C8H7N3O3S/c9-6-8(10-12)15(13,14)11-7-4-2-1-3-5-7/h1-5,11-12H. The molecule has 1 aromatic carbocycles. The minimum atomic E-state index is -4.09. The molecule has 0 radical (unpaired) electrons. The van der Waals surface area contributed by atoms with Gasteiger partial charge >= 0.3 is 0 Å². The van der Waals surface area contributed by atoms with E-state index in [4.69, 9.17) is 10.5 Å². The van der Waals surface area contributed by atoms with Gasteiger partial charge in [-0.1, -0.05) is 23.4 Å². The summed E-state index contributed by atoms with van der Waals surface area (Å²) in [6.07, 6.45) is 0. The third kappa shape index (κ3) is 2.69. The number of hydrogen-bond acceptors (Lipinski definition) is 5. The Balaban J connectivity index is 2.98. The topological polar surface area (TPSA) is 103 Å². The van der Waals surface area contributed by atoms with Crippen molar-refractivity contribution < 1.29 is 13.6 Å². The van der Waals surface area contributed by atoms with Crippen molar-refractivity contribution in [1.82, 2.24) is 0 Å². The number of nitriles is 1. The largest absolute Gasteiger partial charge is 0.409 e. The van der Waals surface area contributed by atoms with Crippen LogP contribution in [0, 0.1) is 11.3 Å². The Morgan fingerprint density at radius 3 is 2.47 bits per heavy atom. The zero-order chi connectivity index (χ0) is 11.3. The number of hydrogen-bond donors (Lipinski definition) is 2. The van der Waals surface area contributed by atoms with E-state index >= 15 is 0 Å². The molecule has 0 aliphatic carbocycles. The van der Waals surface area contributed by atoms with E-state index in [1.54, 1.807) is 18.2 Å². The van der Waals surface area contributed by atoms with E-state index < -0.39 is 15.1 Å². The second-order valence-corrected chi connectivity index (χ2v) is 4.09. The second kappa shape index (κ2) is 4.43. The Kier molecular flexibility index (Phi) is 3.25. The number of nitrogens with zero attached hydrogens (tertiary/aromatic N) is 2. The lowest BCUT2D eigenvalue weighted by Gasteiger charge is -2.03. The number of sulfonamides is 1. The molecule has 0 saturated carbocycles. The first-order chi connectivity index (χ1) is 7.10. The van der Waals surface area contributed by atoms with Crippen LogP contribution in [0.1, 0.15) is 0 Å². The van der Waals surface area contributed by atoms with Crippen LogP contribution in [0.2, 0.25) is 0 Å². The number of oxime groups is 1. The quantitative estimate of drug-likeness (QED) is 0.335. The van der Waals surface area contributed by atoms with Gasteiger partial charge < -0.3 is 5.21 Å². The predicted molar refractivity (Wildman–Crippen MR) is 53.8 cm³/mol. The maximum Gasteiger partial charge on any atom is 0.293 e. The lowest BCUT2D eigenvalue weighted by molar-refractivity contribution is 0.321. The normalized spacial score (nSPS) is 11.8. The minimum Gasteiger partial charge on any atom is -0.409 e. The molecule has 2 N–H and O–H groups in total. The maximum atomic E-state index is 11.3. The van der Waals surface area contributed by atoms with E-state index in [0.717, 1.165) is 0 Å². The Labute approximate surface area is 86.5 Å². The zero-order valence-electron chi connectivity index (χ0n) is 7.45. The van der Waals surface area contributed by atoms with Crippen molar-refractivity contribution in [1.29, 1.82) is 5.26 Å². The highest BCUT2D eigenvalue weighted by Crippen LogP contribution is 2.08. The van der Waals surface area contributed by atoms with Crippen LogP contribution in [-0.4, -0.2) is 18.7 Å². The zero-order valence-corrected chi connectivity index (χ0v) is 8.27. The van der Waals surface area contributed by atoms with Crippen LogP contribution in [0.3, 0.4) is 0 Å². The predicted octanol–water partition coefficient (Wildman–Crippen LogP) is 0.740. The van der Waals surface area contributed by atoms with Gasteiger partial charge in [-0.2, -0.15) is 13.7 Å². The van der Waals surface area contributed by atoms with Gasteiger partial charge in [0.1, 0.15) is 6.07 Å². The number of rotatable bonds is 2. The van der Waals surface area contributed by atoms with Crippen LogP contribution in [0.15, 0.2) is 35.5 Å². The van der Waals surface area contributed by atoms with Crippen molar-refractivity contribution in [3.8, 4) is 6.07 Å². The minimum absolute atomic E-state index is 0.286. The molecule has 0 spiro atoms. The summed E-state index contributed by atoms with van der Waals surface area (Å²) in [4.78, 5) is 0. The summed E-state index contributed by atoms with van der Waals surface area (Å²) in [5.74, 6) is 0. The number of nitrogens with one attached hydrogen (secondary N) is 1. The molecule has 0 atom stereocenters. The van der Waals surface area contributed by atoms with Crippen LogP contribution in [0.5, 0.6) is 0 Å². The Bertz CT molecular complexity index is 502. The third-order valence-corrected chi connectivity index (χ3v) is 2.65. The van der Waals surface area contributed by atoms with Crippen molar-refractivity contribution >= 4 is 20.8 Å². The van der Waals surface area contributed by atoms with Crippen LogP contribution in [0.4, 0.5) is 5.69 Å². The fourth-order valence-corrected chi connectivity index (χ4v) is 1.62. The third-order valence-electron chi connectivity index (χ3n) is 1.47. The summed E-state index contributed by atoms with van der Waals surface area (Å²) in [5, 5.41) is 18.1. The van der Waals surface area contributed by atoms with Crippen molar-refractivity contribution in [2.24, 2.45) is 5.16 Å². The highest BCUT2D eigenvalue weighted by Gasteiger charge is 2.19. The summed E-state index contributed by atoms with van der Waals surface area (Å²) in [6, 6.07) is 9.23. The first-order valence-electron chi connectivity index (χ1n) is 3.80. The molecule has 0 amide bonds. The molecule has 0 unspecified atom stereocenters. The highest BCUT2D eigenvalue weighted by molar-refractivity contribution is 8.08. The molecule has 6 nitrogen and oxygen atoms in total. The van der Waals surface area contributed by atoms with E-state index in [0.29, 0.717) is 0 Å². The Morgan fingerprint density at radius 2 is 2.00 bits per heavy atom. The first-order valence-corrected chi connectivity index (χ1v) is 5.28. The van der Waals surface area contributed by atoms with Crippen molar-refractivity contribution in [3.63, 3.8) is 0 Å². The number of anilines is 1. The second-order valence-electron chi connectivity index (χ2n) is 2.49. The van der Waals surface area contributed by atoms with Crippen LogP contribution >= 0.6 is 0 Å². The van der Waals surface area contributed by atoms with Gasteiger partial charge in [0.2, 0.25) is 0 Å². The fraction of sp³-hybridized carbons (Fsp3) is 0. The van der Waals surface area contributed by atoms with Gasteiger partial charge in [0.15, 0.2) is 0 Å². The van der Waals surface area contributed by atoms with Gasteiger partial charge in [-0.3, -0.25) is 4.72 Å². The van der Waals surface area contributed by atoms with Gasteiger partial charge in [-0.05, 0) is 12.1 Å². The molecule has 78 valence electrons. The van der Waals surface area contributed by atoms with Crippen LogP contribution < -0.4 is 4.72 Å². The molecule has 0 saturated heterocycles. The van der Waals surface area contributed by atoms with E-state index in [-0.39, 0.29) is 5.69 Å². The van der Waals surface area contributed by atoms with Gasteiger partial charge in [0.25, 0.3) is 15.1 Å². The summed E-state index contributed by atoms with van der Waals surface area (Å²) in [6.45, 7) is 0. The van der Waals surface area contributed by atoms with E-state index in [9.17, 15) is 8.42 Å². The Morgan fingerprint density at radius 1 is 1.40 bits per heavy atom. The van der Waals surface area contributed by atoms with Crippen molar-refractivity contribution in [3.05, 3.63) is 30.3 Å². The molecule has 7 heteroatoms. The van der Waals surface area contributed by atoms with Gasteiger partial charge in [0.05, 0.1) is 0 Å². The SMILES string of the molecule is N#CC(=NO)S(=O)(=O)Nc1ccccc1. The lowest BCUT2D eigenvalue weighted by atomic mass is 10.3. The molecule has 0 aliphatic rings. The molecular weight excluding hydrogens is 218 g/mol. The molecule has 0 heterocycles. The highest BCUT2D eigenvalue weighted by atomic mass is 32.2. The van der Waals surface area contributed by atoms with Gasteiger partial charge in [0, 0.05) is 5.69 Å². The average Bonchev–Trinajstić information content (AvgIpc) is 2.19. The molecule has 15 heavy (non-hydrogen) atoms. The smallest absolute Gasteiger partial charge is 0.293 e. The molecule has 1 aromatic rings.